The molecule has 0 aliphatic carbocycles. The molecule has 1 atom stereocenters. The van der Waals surface area contributed by atoms with Crippen LogP contribution in [0.2, 0.25) is 0 Å². The summed E-state index contributed by atoms with van der Waals surface area (Å²) < 4.78 is 5.27. The number of hydrogen-bond donors (Lipinski definition) is 2. The highest BCUT2D eigenvalue weighted by Crippen LogP contribution is 2.29. The lowest BCUT2D eigenvalue weighted by Gasteiger charge is -2.16. The first-order chi connectivity index (χ1) is 8.08. The van der Waals surface area contributed by atoms with E-state index in [-0.39, 0.29) is 5.91 Å². The van der Waals surface area contributed by atoms with Crippen LogP contribution in [-0.4, -0.2) is 26.1 Å². The Hall–Kier alpha value is -1.55. The number of rotatable bonds is 5. The molecule has 94 valence electrons. The number of para-hydroxylation sites is 1. The minimum absolute atomic E-state index is 0.0899. The highest BCUT2D eigenvalue weighted by Gasteiger charge is 2.12. The Balaban J connectivity index is 3.05. The molecule has 1 unspecified atom stereocenters. The van der Waals surface area contributed by atoms with Crippen molar-refractivity contribution in [2.45, 2.75) is 26.3 Å². The van der Waals surface area contributed by atoms with E-state index in [9.17, 15) is 4.79 Å². The maximum absolute atomic E-state index is 11.2. The van der Waals surface area contributed by atoms with Gasteiger partial charge in [0.1, 0.15) is 5.75 Å². The van der Waals surface area contributed by atoms with Gasteiger partial charge in [0.15, 0.2) is 0 Å². The zero-order valence-electron chi connectivity index (χ0n) is 10.8. The van der Waals surface area contributed by atoms with Crippen LogP contribution >= 0.6 is 0 Å². The quantitative estimate of drug-likeness (QED) is 0.819. The molecule has 0 aromatic heterocycles. The van der Waals surface area contributed by atoms with Crippen LogP contribution in [0.3, 0.4) is 0 Å². The van der Waals surface area contributed by atoms with Gasteiger partial charge in [0.2, 0.25) is 5.91 Å². The van der Waals surface area contributed by atoms with Crippen molar-refractivity contribution in [1.82, 2.24) is 5.32 Å². The van der Waals surface area contributed by atoms with E-state index in [2.05, 4.69) is 17.6 Å². The Bertz CT molecular complexity index is 391. The number of carbonyl (C=O) groups excluding carboxylic acids is 1. The van der Waals surface area contributed by atoms with Crippen molar-refractivity contribution in [3.63, 3.8) is 0 Å². The van der Waals surface area contributed by atoms with Crippen molar-refractivity contribution in [1.29, 1.82) is 0 Å². The third-order valence-corrected chi connectivity index (χ3v) is 2.65. The average Bonchev–Trinajstić information content (AvgIpc) is 2.30. The van der Waals surface area contributed by atoms with Gasteiger partial charge in [-0.1, -0.05) is 12.1 Å². The van der Waals surface area contributed by atoms with Gasteiger partial charge in [0.25, 0.3) is 0 Å². The second-order valence-electron chi connectivity index (χ2n) is 4.07. The fourth-order valence-electron chi connectivity index (χ4n) is 1.67. The molecular weight excluding hydrogens is 216 g/mol. The second-order valence-corrected chi connectivity index (χ2v) is 4.07. The first kappa shape index (κ1) is 13.5. The number of benzene rings is 1. The van der Waals surface area contributed by atoms with E-state index in [1.165, 1.54) is 6.92 Å². The van der Waals surface area contributed by atoms with Gasteiger partial charge in [-0.3, -0.25) is 4.79 Å². The van der Waals surface area contributed by atoms with Crippen LogP contribution in [0, 0.1) is 0 Å². The van der Waals surface area contributed by atoms with Crippen molar-refractivity contribution in [3.8, 4) is 5.75 Å². The van der Waals surface area contributed by atoms with Gasteiger partial charge in [-0.25, -0.2) is 0 Å². The lowest BCUT2D eigenvalue weighted by molar-refractivity contribution is -0.114. The third kappa shape index (κ3) is 3.75. The number of nitrogens with one attached hydrogen (secondary N) is 2. The van der Waals surface area contributed by atoms with E-state index in [0.717, 1.165) is 17.7 Å². The summed E-state index contributed by atoms with van der Waals surface area (Å²) in [6, 6.07) is 6.12. The topological polar surface area (TPSA) is 50.4 Å². The Kier molecular flexibility index (Phi) is 4.97. The van der Waals surface area contributed by atoms with Gasteiger partial charge >= 0.3 is 0 Å². The summed E-state index contributed by atoms with van der Waals surface area (Å²) in [6.07, 6.45) is 0.837. The molecule has 0 saturated heterocycles. The van der Waals surface area contributed by atoms with Crippen LogP contribution < -0.4 is 15.4 Å². The van der Waals surface area contributed by atoms with Crippen molar-refractivity contribution in [2.24, 2.45) is 0 Å². The van der Waals surface area contributed by atoms with Gasteiger partial charge in [0, 0.05) is 13.0 Å². The summed E-state index contributed by atoms with van der Waals surface area (Å²) in [7, 11) is 3.52. The molecule has 1 amide bonds. The molecule has 1 aromatic carbocycles. The molecule has 1 aromatic rings. The molecule has 0 heterocycles. The van der Waals surface area contributed by atoms with Gasteiger partial charge < -0.3 is 15.4 Å². The summed E-state index contributed by atoms with van der Waals surface area (Å²) in [5.74, 6) is 0.605. The van der Waals surface area contributed by atoms with E-state index >= 15 is 0 Å². The van der Waals surface area contributed by atoms with Crippen LogP contribution in [0.1, 0.15) is 19.4 Å². The maximum atomic E-state index is 11.2. The molecule has 2 N–H and O–H groups in total. The first-order valence-electron chi connectivity index (χ1n) is 5.69. The number of anilines is 1. The standard InChI is InChI=1S/C13H20N2O2/c1-9(14-3)8-11-6-5-7-12(17-4)13(11)15-10(2)16/h5-7,9,14H,8H2,1-4H3,(H,15,16). The number of methoxy groups -OCH3 is 1. The minimum Gasteiger partial charge on any atom is -0.495 e. The van der Waals surface area contributed by atoms with Crippen LogP contribution in [0.4, 0.5) is 5.69 Å². The van der Waals surface area contributed by atoms with Crippen molar-refractivity contribution >= 4 is 11.6 Å². The van der Waals surface area contributed by atoms with E-state index in [1.54, 1.807) is 7.11 Å². The number of ether oxygens (including phenoxy) is 1. The van der Waals surface area contributed by atoms with Crippen molar-refractivity contribution in [2.75, 3.05) is 19.5 Å². The van der Waals surface area contributed by atoms with Crippen LogP contribution in [0.15, 0.2) is 18.2 Å². The first-order valence-corrected chi connectivity index (χ1v) is 5.69. The molecule has 0 saturated carbocycles. The molecule has 0 aliphatic rings. The maximum Gasteiger partial charge on any atom is 0.221 e. The molecule has 0 bridgehead atoms. The Morgan fingerprint density at radius 3 is 2.71 bits per heavy atom. The zero-order chi connectivity index (χ0) is 12.8. The normalized spacial score (nSPS) is 12.0. The fourth-order valence-corrected chi connectivity index (χ4v) is 1.67. The number of carbonyl (C=O) groups is 1. The molecular formula is C13H20N2O2. The minimum atomic E-state index is -0.0899. The van der Waals surface area contributed by atoms with E-state index in [4.69, 9.17) is 4.74 Å². The third-order valence-electron chi connectivity index (χ3n) is 2.65. The fraction of sp³-hybridized carbons (Fsp3) is 0.462. The average molecular weight is 236 g/mol. The largest absolute Gasteiger partial charge is 0.495 e. The lowest BCUT2D eigenvalue weighted by atomic mass is 10.0. The van der Waals surface area contributed by atoms with E-state index in [0.29, 0.717) is 11.8 Å². The Morgan fingerprint density at radius 1 is 1.47 bits per heavy atom. The van der Waals surface area contributed by atoms with Crippen LogP contribution in [0.25, 0.3) is 0 Å². The molecule has 0 aliphatic heterocycles. The van der Waals surface area contributed by atoms with Gasteiger partial charge in [-0.2, -0.15) is 0 Å². The summed E-state index contributed by atoms with van der Waals surface area (Å²) >= 11 is 0. The van der Waals surface area contributed by atoms with Crippen molar-refractivity contribution < 1.29 is 9.53 Å². The summed E-state index contributed by atoms with van der Waals surface area (Å²) in [4.78, 5) is 11.2. The molecule has 4 heteroatoms. The summed E-state index contributed by atoms with van der Waals surface area (Å²) in [6.45, 7) is 3.59. The van der Waals surface area contributed by atoms with E-state index in [1.807, 2.05) is 25.2 Å². The molecule has 17 heavy (non-hydrogen) atoms. The Morgan fingerprint density at radius 2 is 2.18 bits per heavy atom. The monoisotopic (exact) mass is 236 g/mol. The molecule has 4 nitrogen and oxygen atoms in total. The predicted molar refractivity (Wildman–Crippen MR) is 69.5 cm³/mol. The van der Waals surface area contributed by atoms with Crippen LogP contribution in [-0.2, 0) is 11.2 Å². The number of hydrogen-bond acceptors (Lipinski definition) is 3. The zero-order valence-corrected chi connectivity index (χ0v) is 10.8. The Labute approximate surface area is 102 Å². The number of likely N-dealkylation sites (N-methyl/N-ethyl adjacent to an activating group) is 1. The predicted octanol–water partition coefficient (Wildman–Crippen LogP) is 1.80. The lowest BCUT2D eigenvalue weighted by Crippen LogP contribution is -2.24. The van der Waals surface area contributed by atoms with Crippen LogP contribution in [0.5, 0.6) is 5.75 Å². The molecule has 0 fully saturated rings. The highest BCUT2D eigenvalue weighted by molar-refractivity contribution is 5.91. The number of amides is 1. The molecule has 1 rings (SSSR count). The second kappa shape index (κ2) is 6.25. The van der Waals surface area contributed by atoms with Gasteiger partial charge in [-0.15, -0.1) is 0 Å². The summed E-state index contributed by atoms with van der Waals surface area (Å²) in [5, 5.41) is 6.01. The van der Waals surface area contributed by atoms with Crippen molar-refractivity contribution in [3.05, 3.63) is 23.8 Å². The summed E-state index contributed by atoms with van der Waals surface area (Å²) in [5.41, 5.74) is 1.84. The molecule has 0 radical (unpaired) electrons. The SMILES string of the molecule is CNC(C)Cc1cccc(OC)c1NC(C)=O. The van der Waals surface area contributed by atoms with Gasteiger partial charge in [0.05, 0.1) is 12.8 Å². The van der Waals surface area contributed by atoms with E-state index < -0.39 is 0 Å². The highest BCUT2D eigenvalue weighted by atomic mass is 16.5. The molecule has 0 spiro atoms. The van der Waals surface area contributed by atoms with Gasteiger partial charge in [-0.05, 0) is 32.0 Å². The smallest absolute Gasteiger partial charge is 0.221 e.